The van der Waals surface area contributed by atoms with Gasteiger partial charge in [0.05, 0.1) is 6.20 Å². The number of aromatic nitrogens is 1. The van der Waals surface area contributed by atoms with Gasteiger partial charge in [-0.2, -0.15) is 8.78 Å². The smallest absolute Gasteiger partial charge is 0.387 e. The summed E-state index contributed by atoms with van der Waals surface area (Å²) >= 11 is 5.07. The molecule has 1 heterocycles. The number of hydrogen-bond acceptors (Lipinski definition) is 3. The molecule has 0 atom stereocenters. The second kappa shape index (κ2) is 4.13. The molecule has 70 valence electrons. The van der Waals surface area contributed by atoms with E-state index in [0.717, 1.165) is 6.20 Å². The van der Waals surface area contributed by atoms with Crippen LogP contribution in [0.15, 0.2) is 18.3 Å². The van der Waals surface area contributed by atoms with Gasteiger partial charge in [0.25, 0.3) is 5.24 Å². The molecule has 6 heteroatoms. The lowest BCUT2D eigenvalue weighted by molar-refractivity contribution is -0.0500. The zero-order valence-electron chi connectivity index (χ0n) is 6.21. The zero-order valence-corrected chi connectivity index (χ0v) is 6.96. The quantitative estimate of drug-likeness (QED) is 0.713. The molecule has 13 heavy (non-hydrogen) atoms. The third-order valence-corrected chi connectivity index (χ3v) is 1.36. The first kappa shape index (κ1) is 9.85. The van der Waals surface area contributed by atoms with E-state index in [-0.39, 0.29) is 11.4 Å². The summed E-state index contributed by atoms with van der Waals surface area (Å²) in [6.45, 7) is -2.90. The Morgan fingerprint density at radius 1 is 1.54 bits per heavy atom. The fourth-order valence-corrected chi connectivity index (χ4v) is 0.781. The summed E-state index contributed by atoms with van der Waals surface area (Å²) < 4.78 is 27.3. The molecule has 0 saturated heterocycles. The van der Waals surface area contributed by atoms with Gasteiger partial charge in [0.1, 0.15) is 11.4 Å². The van der Waals surface area contributed by atoms with E-state index in [0.29, 0.717) is 0 Å². The summed E-state index contributed by atoms with van der Waals surface area (Å²) in [4.78, 5) is 14.0. The summed E-state index contributed by atoms with van der Waals surface area (Å²) in [6, 6.07) is 2.39. The second-order valence-corrected chi connectivity index (χ2v) is 2.37. The topological polar surface area (TPSA) is 39.2 Å². The van der Waals surface area contributed by atoms with Gasteiger partial charge < -0.3 is 4.74 Å². The van der Waals surface area contributed by atoms with Crippen molar-refractivity contribution in [3.8, 4) is 5.75 Å². The Morgan fingerprint density at radius 3 is 2.62 bits per heavy atom. The predicted octanol–water partition coefficient (Wildman–Crippen LogP) is 2.06. The molecule has 0 unspecified atom stereocenters. The molecule has 0 amide bonds. The van der Waals surface area contributed by atoms with Crippen LogP contribution in [-0.4, -0.2) is 16.8 Å². The van der Waals surface area contributed by atoms with Gasteiger partial charge in [0, 0.05) is 0 Å². The van der Waals surface area contributed by atoms with E-state index in [1.54, 1.807) is 0 Å². The van der Waals surface area contributed by atoms with E-state index in [2.05, 4.69) is 9.72 Å². The largest absolute Gasteiger partial charge is 0.433 e. The minimum Gasteiger partial charge on any atom is -0.433 e. The highest BCUT2D eigenvalue weighted by Gasteiger charge is 2.06. The fraction of sp³-hybridized carbons (Fsp3) is 0.143. The third-order valence-electron chi connectivity index (χ3n) is 1.16. The molecule has 0 N–H and O–H groups in total. The first-order valence-electron chi connectivity index (χ1n) is 3.20. The van der Waals surface area contributed by atoms with Gasteiger partial charge in [-0.15, -0.1) is 0 Å². The minimum atomic E-state index is -2.90. The third kappa shape index (κ3) is 2.95. The molecule has 0 spiro atoms. The van der Waals surface area contributed by atoms with Crippen molar-refractivity contribution in [2.75, 3.05) is 0 Å². The average molecular weight is 208 g/mol. The van der Waals surface area contributed by atoms with Gasteiger partial charge in [0.2, 0.25) is 0 Å². The number of nitrogens with zero attached hydrogens (tertiary/aromatic N) is 1. The van der Waals surface area contributed by atoms with Crippen molar-refractivity contribution in [1.82, 2.24) is 4.98 Å². The van der Waals surface area contributed by atoms with Crippen molar-refractivity contribution in [3.05, 3.63) is 24.0 Å². The van der Waals surface area contributed by atoms with Gasteiger partial charge in [-0.1, -0.05) is 0 Å². The molecule has 3 nitrogen and oxygen atoms in total. The van der Waals surface area contributed by atoms with Crippen molar-refractivity contribution >= 4 is 16.8 Å². The number of rotatable bonds is 3. The summed E-state index contributed by atoms with van der Waals surface area (Å²) in [6.07, 6.45) is 1.00. The van der Waals surface area contributed by atoms with Crippen LogP contribution in [0.3, 0.4) is 0 Å². The van der Waals surface area contributed by atoms with Gasteiger partial charge in [-0.05, 0) is 23.7 Å². The molecule has 1 aromatic heterocycles. The number of halogens is 3. The molecule has 1 rings (SSSR count). The first-order valence-corrected chi connectivity index (χ1v) is 3.58. The average Bonchev–Trinajstić information content (AvgIpc) is 2.04. The maximum atomic E-state index is 11.6. The maximum absolute atomic E-state index is 11.6. The van der Waals surface area contributed by atoms with E-state index >= 15 is 0 Å². The number of alkyl halides is 2. The van der Waals surface area contributed by atoms with Gasteiger partial charge in [0.15, 0.2) is 0 Å². The Labute approximate surface area is 77.3 Å². The summed E-state index contributed by atoms with van der Waals surface area (Å²) in [5.41, 5.74) is -0.0108. The van der Waals surface area contributed by atoms with Crippen LogP contribution in [-0.2, 0) is 0 Å². The van der Waals surface area contributed by atoms with Crippen LogP contribution in [0, 0.1) is 0 Å². The van der Waals surface area contributed by atoms with Crippen LogP contribution in [0.5, 0.6) is 5.75 Å². The molecular formula is C7H4ClF2NO2. The second-order valence-electron chi connectivity index (χ2n) is 2.03. The van der Waals surface area contributed by atoms with Crippen molar-refractivity contribution in [1.29, 1.82) is 0 Å². The normalized spacial score (nSPS) is 10.2. The number of carbonyl (C=O) groups excluding carboxylic acids is 1. The Kier molecular flexibility index (Phi) is 3.13. The van der Waals surface area contributed by atoms with E-state index in [1.807, 2.05) is 0 Å². The number of carbonyl (C=O) groups is 1. The lowest BCUT2D eigenvalue weighted by atomic mass is 10.4. The first-order chi connectivity index (χ1) is 6.09. The molecule has 0 radical (unpaired) electrons. The molecule has 0 saturated carbocycles. The summed E-state index contributed by atoms with van der Waals surface area (Å²) in [5.74, 6) is -0.114. The van der Waals surface area contributed by atoms with E-state index in [9.17, 15) is 13.6 Å². The highest BCUT2D eigenvalue weighted by atomic mass is 35.5. The highest BCUT2D eigenvalue weighted by molar-refractivity contribution is 6.67. The Morgan fingerprint density at radius 2 is 2.23 bits per heavy atom. The molecule has 0 aromatic carbocycles. The van der Waals surface area contributed by atoms with Crippen LogP contribution in [0.25, 0.3) is 0 Å². The SMILES string of the molecule is O=C(Cl)c1ccc(OC(F)F)cn1. The van der Waals surface area contributed by atoms with Crippen LogP contribution >= 0.6 is 11.6 Å². The molecule has 0 aliphatic carbocycles. The van der Waals surface area contributed by atoms with Gasteiger partial charge >= 0.3 is 6.61 Å². The summed E-state index contributed by atoms with van der Waals surface area (Å²) in [7, 11) is 0. The lowest BCUT2D eigenvalue weighted by Gasteiger charge is -2.02. The molecular weight excluding hydrogens is 204 g/mol. The fourth-order valence-electron chi connectivity index (χ4n) is 0.669. The monoisotopic (exact) mass is 207 g/mol. The van der Waals surface area contributed by atoms with Crippen LogP contribution in [0.2, 0.25) is 0 Å². The molecule has 0 fully saturated rings. The van der Waals surface area contributed by atoms with Gasteiger partial charge in [-0.3, -0.25) is 4.79 Å². The standard InChI is InChI=1S/C7H4ClF2NO2/c8-6(12)5-2-1-4(3-11-5)13-7(9)10/h1-3,7H. The number of pyridine rings is 1. The minimum absolute atomic E-state index is 0.0108. The highest BCUT2D eigenvalue weighted by Crippen LogP contribution is 2.12. The number of hydrogen-bond donors (Lipinski definition) is 0. The van der Waals surface area contributed by atoms with Crippen molar-refractivity contribution in [2.24, 2.45) is 0 Å². The van der Waals surface area contributed by atoms with E-state index in [1.165, 1.54) is 12.1 Å². The molecule has 0 aliphatic rings. The Balaban J connectivity index is 2.75. The number of ether oxygens (including phenoxy) is 1. The predicted molar refractivity (Wildman–Crippen MR) is 41.1 cm³/mol. The zero-order chi connectivity index (χ0) is 9.84. The lowest BCUT2D eigenvalue weighted by Crippen LogP contribution is -2.03. The Bertz CT molecular complexity index is 302. The van der Waals surface area contributed by atoms with Crippen molar-refractivity contribution in [3.63, 3.8) is 0 Å². The molecule has 0 bridgehead atoms. The van der Waals surface area contributed by atoms with Crippen LogP contribution in [0.4, 0.5) is 8.78 Å². The maximum Gasteiger partial charge on any atom is 0.387 e. The Hall–Kier alpha value is -1.23. The van der Waals surface area contributed by atoms with Crippen molar-refractivity contribution < 1.29 is 18.3 Å². The van der Waals surface area contributed by atoms with Crippen molar-refractivity contribution in [2.45, 2.75) is 6.61 Å². The molecule has 0 aliphatic heterocycles. The van der Waals surface area contributed by atoms with Crippen LogP contribution < -0.4 is 4.74 Å². The van der Waals surface area contributed by atoms with Crippen LogP contribution in [0.1, 0.15) is 10.5 Å². The molecule has 1 aromatic rings. The van der Waals surface area contributed by atoms with Gasteiger partial charge in [-0.25, -0.2) is 4.98 Å². The van der Waals surface area contributed by atoms with E-state index < -0.39 is 11.9 Å². The summed E-state index contributed by atoms with van der Waals surface area (Å²) in [5, 5.41) is -0.747. The van der Waals surface area contributed by atoms with E-state index in [4.69, 9.17) is 11.6 Å².